The SMILES string of the molecule is CCCN(CCC)S(=O)(=O)NC(C)c1nn[nH]n1. The zero-order valence-electron chi connectivity index (χ0n) is 10.9. The van der Waals surface area contributed by atoms with Gasteiger partial charge in [0.2, 0.25) is 0 Å². The lowest BCUT2D eigenvalue weighted by Gasteiger charge is -2.22. The molecule has 8 nitrogen and oxygen atoms in total. The minimum absolute atomic E-state index is 0.325. The van der Waals surface area contributed by atoms with Gasteiger partial charge in [0.15, 0.2) is 5.82 Å². The smallest absolute Gasteiger partial charge is 0.195 e. The molecule has 0 aliphatic heterocycles. The highest BCUT2D eigenvalue weighted by molar-refractivity contribution is 7.87. The maximum atomic E-state index is 12.1. The van der Waals surface area contributed by atoms with Crippen LogP contribution in [0.15, 0.2) is 0 Å². The van der Waals surface area contributed by atoms with Gasteiger partial charge >= 0.3 is 0 Å². The van der Waals surface area contributed by atoms with E-state index in [2.05, 4.69) is 25.3 Å². The first kappa shape index (κ1) is 15.0. The summed E-state index contributed by atoms with van der Waals surface area (Å²) in [5.41, 5.74) is 0. The van der Waals surface area contributed by atoms with E-state index in [4.69, 9.17) is 0 Å². The second-order valence-electron chi connectivity index (χ2n) is 4.01. The normalized spacial score (nSPS) is 14.0. The highest BCUT2D eigenvalue weighted by Gasteiger charge is 2.24. The number of tetrazole rings is 1. The Morgan fingerprint density at radius 1 is 1.33 bits per heavy atom. The number of H-pyrrole nitrogens is 1. The maximum absolute atomic E-state index is 12.1. The molecule has 104 valence electrons. The molecule has 0 fully saturated rings. The van der Waals surface area contributed by atoms with E-state index < -0.39 is 16.3 Å². The molecule has 1 rings (SSSR count). The van der Waals surface area contributed by atoms with Crippen LogP contribution in [0.5, 0.6) is 0 Å². The fourth-order valence-electron chi connectivity index (χ4n) is 1.55. The molecule has 0 aliphatic rings. The molecule has 0 aromatic carbocycles. The molecule has 9 heteroatoms. The summed E-state index contributed by atoms with van der Waals surface area (Å²) in [7, 11) is -3.51. The molecule has 18 heavy (non-hydrogen) atoms. The third-order valence-corrected chi connectivity index (χ3v) is 4.06. The van der Waals surface area contributed by atoms with Crippen molar-refractivity contribution in [2.24, 2.45) is 0 Å². The van der Waals surface area contributed by atoms with Crippen LogP contribution in [0.2, 0.25) is 0 Å². The molecule has 0 amide bonds. The minimum atomic E-state index is -3.51. The molecular formula is C9H20N6O2S. The van der Waals surface area contributed by atoms with Gasteiger partial charge in [0.25, 0.3) is 10.2 Å². The first-order valence-corrected chi connectivity index (χ1v) is 7.46. The van der Waals surface area contributed by atoms with Gasteiger partial charge in [0, 0.05) is 13.1 Å². The Bertz CT molecular complexity index is 426. The largest absolute Gasteiger partial charge is 0.280 e. The number of aromatic nitrogens is 4. The van der Waals surface area contributed by atoms with Gasteiger partial charge in [-0.15, -0.1) is 10.2 Å². The average Bonchev–Trinajstić information content (AvgIpc) is 2.81. The van der Waals surface area contributed by atoms with Crippen molar-refractivity contribution in [2.75, 3.05) is 13.1 Å². The molecule has 1 heterocycles. The van der Waals surface area contributed by atoms with Gasteiger partial charge in [-0.2, -0.15) is 22.7 Å². The lowest BCUT2D eigenvalue weighted by Crippen LogP contribution is -2.42. The Kier molecular flexibility index (Phi) is 5.63. The van der Waals surface area contributed by atoms with Crippen molar-refractivity contribution in [3.8, 4) is 0 Å². The van der Waals surface area contributed by atoms with Crippen LogP contribution in [0.4, 0.5) is 0 Å². The molecule has 0 spiro atoms. The minimum Gasteiger partial charge on any atom is -0.195 e. The zero-order chi connectivity index (χ0) is 13.6. The van der Waals surface area contributed by atoms with Crippen LogP contribution in [0.1, 0.15) is 45.5 Å². The fourth-order valence-corrected chi connectivity index (χ4v) is 3.10. The molecule has 0 aliphatic carbocycles. The van der Waals surface area contributed by atoms with Crippen molar-refractivity contribution in [3.05, 3.63) is 5.82 Å². The molecule has 1 atom stereocenters. The standard InChI is InChI=1S/C9H20N6O2S/c1-4-6-15(7-5-2)18(16,17)12-8(3)9-10-13-14-11-9/h8,12H,4-7H2,1-3H3,(H,10,11,13,14). The van der Waals surface area contributed by atoms with Gasteiger partial charge in [-0.3, -0.25) is 0 Å². The first-order valence-electron chi connectivity index (χ1n) is 6.02. The van der Waals surface area contributed by atoms with Gasteiger partial charge in [-0.05, 0) is 19.8 Å². The van der Waals surface area contributed by atoms with E-state index in [0.29, 0.717) is 18.9 Å². The van der Waals surface area contributed by atoms with Crippen molar-refractivity contribution in [3.63, 3.8) is 0 Å². The van der Waals surface area contributed by atoms with E-state index in [-0.39, 0.29) is 0 Å². The van der Waals surface area contributed by atoms with Crippen molar-refractivity contribution in [1.29, 1.82) is 0 Å². The number of nitrogens with one attached hydrogen (secondary N) is 2. The number of hydrogen-bond acceptors (Lipinski definition) is 5. The Balaban J connectivity index is 2.72. The number of hydrogen-bond donors (Lipinski definition) is 2. The summed E-state index contributed by atoms with van der Waals surface area (Å²) in [5, 5.41) is 13.2. The second kappa shape index (κ2) is 6.76. The average molecular weight is 276 g/mol. The number of rotatable bonds is 8. The van der Waals surface area contributed by atoms with E-state index in [9.17, 15) is 8.42 Å². The quantitative estimate of drug-likeness (QED) is 0.706. The van der Waals surface area contributed by atoms with E-state index in [1.165, 1.54) is 4.31 Å². The predicted molar refractivity (Wildman–Crippen MR) is 66.8 cm³/mol. The summed E-state index contributed by atoms with van der Waals surface area (Å²) >= 11 is 0. The van der Waals surface area contributed by atoms with Crippen LogP contribution in [0.3, 0.4) is 0 Å². The van der Waals surface area contributed by atoms with E-state index in [1.807, 2.05) is 13.8 Å². The van der Waals surface area contributed by atoms with E-state index in [1.54, 1.807) is 6.92 Å². The molecule has 1 aromatic heterocycles. The molecule has 0 saturated carbocycles. The molecule has 1 unspecified atom stereocenters. The second-order valence-corrected chi connectivity index (χ2v) is 5.72. The third kappa shape index (κ3) is 4.00. The monoisotopic (exact) mass is 276 g/mol. The van der Waals surface area contributed by atoms with Crippen LogP contribution >= 0.6 is 0 Å². The summed E-state index contributed by atoms with van der Waals surface area (Å²) in [6.07, 6.45) is 1.55. The lowest BCUT2D eigenvalue weighted by atomic mass is 10.4. The van der Waals surface area contributed by atoms with E-state index in [0.717, 1.165) is 12.8 Å². The summed E-state index contributed by atoms with van der Waals surface area (Å²) < 4.78 is 28.3. The Labute approximate surface area is 107 Å². The van der Waals surface area contributed by atoms with Gasteiger partial charge in [-0.25, -0.2) is 0 Å². The van der Waals surface area contributed by atoms with Crippen molar-refractivity contribution >= 4 is 10.2 Å². The van der Waals surface area contributed by atoms with Crippen LogP contribution in [-0.4, -0.2) is 46.4 Å². The Hall–Kier alpha value is -1.06. The van der Waals surface area contributed by atoms with Gasteiger partial charge < -0.3 is 0 Å². The van der Waals surface area contributed by atoms with Crippen molar-refractivity contribution in [1.82, 2.24) is 29.7 Å². The highest BCUT2D eigenvalue weighted by atomic mass is 32.2. The molecule has 1 aromatic rings. The maximum Gasteiger partial charge on any atom is 0.280 e. The molecule has 0 bridgehead atoms. The van der Waals surface area contributed by atoms with Crippen molar-refractivity contribution in [2.45, 2.75) is 39.7 Å². The third-order valence-electron chi connectivity index (χ3n) is 2.36. The number of nitrogens with zero attached hydrogens (tertiary/aromatic N) is 4. The van der Waals surface area contributed by atoms with E-state index >= 15 is 0 Å². The highest BCUT2D eigenvalue weighted by Crippen LogP contribution is 2.09. The summed E-state index contributed by atoms with van der Waals surface area (Å²) in [5.74, 6) is 0.325. The topological polar surface area (TPSA) is 104 Å². The fraction of sp³-hybridized carbons (Fsp3) is 0.889. The van der Waals surface area contributed by atoms with Gasteiger partial charge in [-0.1, -0.05) is 19.1 Å². The zero-order valence-corrected chi connectivity index (χ0v) is 11.7. The van der Waals surface area contributed by atoms with Crippen LogP contribution in [0, 0.1) is 0 Å². The summed E-state index contributed by atoms with van der Waals surface area (Å²) in [6, 6.07) is -0.509. The predicted octanol–water partition coefficient (Wildman–Crippen LogP) is 0.217. The van der Waals surface area contributed by atoms with Crippen LogP contribution in [-0.2, 0) is 10.2 Å². The van der Waals surface area contributed by atoms with Gasteiger partial charge in [0.05, 0.1) is 6.04 Å². The molecule has 2 N–H and O–H groups in total. The molecule has 0 saturated heterocycles. The summed E-state index contributed by atoms with van der Waals surface area (Å²) in [4.78, 5) is 0. The van der Waals surface area contributed by atoms with Gasteiger partial charge in [0.1, 0.15) is 0 Å². The van der Waals surface area contributed by atoms with Crippen LogP contribution in [0.25, 0.3) is 0 Å². The Morgan fingerprint density at radius 2 is 1.94 bits per heavy atom. The molecular weight excluding hydrogens is 256 g/mol. The summed E-state index contributed by atoms with van der Waals surface area (Å²) in [6.45, 7) is 6.57. The van der Waals surface area contributed by atoms with Crippen LogP contribution < -0.4 is 4.72 Å². The number of aromatic amines is 1. The van der Waals surface area contributed by atoms with Crippen molar-refractivity contribution < 1.29 is 8.42 Å². The Morgan fingerprint density at radius 3 is 2.39 bits per heavy atom. The first-order chi connectivity index (χ1) is 8.51. The lowest BCUT2D eigenvalue weighted by molar-refractivity contribution is 0.396. The molecule has 0 radical (unpaired) electrons.